The third-order valence-corrected chi connectivity index (χ3v) is 4.87. The molecular weight excluding hydrogens is 366 g/mol. The molecule has 0 radical (unpaired) electrons. The van der Waals surface area contributed by atoms with Gasteiger partial charge in [0.15, 0.2) is 0 Å². The number of carbonyl (C=O) groups is 2. The maximum Gasteiger partial charge on any atom is 0.228 e. The predicted octanol–water partition coefficient (Wildman–Crippen LogP) is 3.74. The van der Waals surface area contributed by atoms with Gasteiger partial charge in [-0.15, -0.1) is 0 Å². The van der Waals surface area contributed by atoms with Gasteiger partial charge >= 0.3 is 0 Å². The Morgan fingerprint density at radius 2 is 1.89 bits per heavy atom. The Hall–Kier alpha value is -3.04. The smallest absolute Gasteiger partial charge is 0.228 e. The van der Waals surface area contributed by atoms with Gasteiger partial charge in [0.2, 0.25) is 11.8 Å². The third kappa shape index (κ3) is 4.21. The van der Waals surface area contributed by atoms with E-state index >= 15 is 0 Å². The summed E-state index contributed by atoms with van der Waals surface area (Å²) in [7, 11) is 1.50. The van der Waals surface area contributed by atoms with E-state index in [1.165, 1.54) is 7.11 Å². The van der Waals surface area contributed by atoms with Crippen LogP contribution in [-0.2, 0) is 9.59 Å². The van der Waals surface area contributed by atoms with Crippen molar-refractivity contribution in [3.8, 4) is 11.8 Å². The van der Waals surface area contributed by atoms with Gasteiger partial charge in [0, 0.05) is 16.8 Å². The quantitative estimate of drug-likeness (QED) is 0.822. The zero-order chi connectivity index (χ0) is 19.6. The van der Waals surface area contributed by atoms with Crippen LogP contribution in [0.5, 0.6) is 5.75 Å². The first-order valence-electron chi connectivity index (χ1n) is 8.39. The molecule has 2 atom stereocenters. The SMILES string of the molecule is COc1cc(Cl)c(C)cc1NC(=O)C1CC1C(=O)Nc1cccc(C#N)c1. The van der Waals surface area contributed by atoms with Gasteiger partial charge in [-0.3, -0.25) is 9.59 Å². The van der Waals surface area contributed by atoms with Crippen molar-refractivity contribution in [1.82, 2.24) is 0 Å². The summed E-state index contributed by atoms with van der Waals surface area (Å²) in [6.07, 6.45) is 0.477. The molecule has 2 unspecified atom stereocenters. The fraction of sp³-hybridized carbons (Fsp3) is 0.250. The minimum Gasteiger partial charge on any atom is -0.495 e. The van der Waals surface area contributed by atoms with Crippen LogP contribution in [0.4, 0.5) is 11.4 Å². The van der Waals surface area contributed by atoms with Gasteiger partial charge in [-0.2, -0.15) is 5.26 Å². The van der Waals surface area contributed by atoms with Gasteiger partial charge in [0.25, 0.3) is 0 Å². The number of carbonyl (C=O) groups excluding carboxylic acids is 2. The van der Waals surface area contributed by atoms with Crippen LogP contribution in [-0.4, -0.2) is 18.9 Å². The Morgan fingerprint density at radius 1 is 1.19 bits per heavy atom. The van der Waals surface area contributed by atoms with E-state index in [2.05, 4.69) is 10.6 Å². The first-order chi connectivity index (χ1) is 12.9. The fourth-order valence-corrected chi connectivity index (χ4v) is 2.98. The number of nitrogens with one attached hydrogen (secondary N) is 2. The van der Waals surface area contributed by atoms with E-state index in [4.69, 9.17) is 21.6 Å². The van der Waals surface area contributed by atoms with Gasteiger partial charge in [-0.05, 0) is 43.2 Å². The molecule has 0 aromatic heterocycles. The normalized spacial score (nSPS) is 17.6. The summed E-state index contributed by atoms with van der Waals surface area (Å²) in [6.45, 7) is 1.83. The molecular formula is C20H18ClN3O3. The van der Waals surface area contributed by atoms with Crippen LogP contribution >= 0.6 is 11.6 Å². The lowest BCUT2D eigenvalue weighted by atomic mass is 10.2. The van der Waals surface area contributed by atoms with Crippen molar-refractivity contribution < 1.29 is 14.3 Å². The molecule has 2 aromatic rings. The Morgan fingerprint density at radius 3 is 2.56 bits per heavy atom. The zero-order valence-corrected chi connectivity index (χ0v) is 15.6. The Balaban J connectivity index is 1.63. The number of nitriles is 1. The summed E-state index contributed by atoms with van der Waals surface area (Å²) in [5.41, 5.74) is 2.34. The van der Waals surface area contributed by atoms with Crippen molar-refractivity contribution in [2.24, 2.45) is 11.8 Å². The molecule has 1 aliphatic rings. The average molecular weight is 384 g/mol. The molecule has 0 spiro atoms. The molecule has 27 heavy (non-hydrogen) atoms. The number of hydrogen-bond acceptors (Lipinski definition) is 4. The number of methoxy groups -OCH3 is 1. The van der Waals surface area contributed by atoms with Gasteiger partial charge in [-0.25, -0.2) is 0 Å². The maximum atomic E-state index is 12.5. The Bertz CT molecular complexity index is 952. The van der Waals surface area contributed by atoms with Crippen molar-refractivity contribution in [3.63, 3.8) is 0 Å². The molecule has 0 aliphatic heterocycles. The van der Waals surface area contributed by atoms with Gasteiger partial charge in [0.05, 0.1) is 36.3 Å². The molecule has 3 rings (SSSR count). The first-order valence-corrected chi connectivity index (χ1v) is 8.76. The van der Waals surface area contributed by atoms with Gasteiger partial charge < -0.3 is 15.4 Å². The summed E-state index contributed by atoms with van der Waals surface area (Å²) in [6, 6.07) is 12.1. The Labute approximate surface area is 162 Å². The average Bonchev–Trinajstić information content (AvgIpc) is 3.45. The largest absolute Gasteiger partial charge is 0.495 e. The van der Waals surface area contributed by atoms with Crippen LogP contribution in [0.1, 0.15) is 17.5 Å². The predicted molar refractivity (Wildman–Crippen MR) is 103 cm³/mol. The number of halogens is 1. The molecule has 138 valence electrons. The summed E-state index contributed by atoms with van der Waals surface area (Å²) in [5, 5.41) is 15.0. The van der Waals surface area contributed by atoms with Crippen molar-refractivity contribution >= 4 is 34.8 Å². The van der Waals surface area contributed by atoms with Crippen LogP contribution in [0.3, 0.4) is 0 Å². The molecule has 7 heteroatoms. The number of rotatable bonds is 5. The summed E-state index contributed by atoms with van der Waals surface area (Å²) < 4.78 is 5.25. The van der Waals surface area contributed by atoms with Crippen LogP contribution in [0, 0.1) is 30.1 Å². The molecule has 1 fully saturated rings. The molecule has 1 saturated carbocycles. The molecule has 2 aromatic carbocycles. The van der Waals surface area contributed by atoms with E-state index in [0.717, 1.165) is 5.56 Å². The van der Waals surface area contributed by atoms with Crippen molar-refractivity contribution in [1.29, 1.82) is 5.26 Å². The lowest BCUT2D eigenvalue weighted by molar-refractivity contribution is -0.122. The minimum absolute atomic E-state index is 0.232. The maximum absolute atomic E-state index is 12.5. The van der Waals surface area contributed by atoms with Gasteiger partial charge in [-0.1, -0.05) is 17.7 Å². The second-order valence-corrected chi connectivity index (χ2v) is 6.83. The van der Waals surface area contributed by atoms with Crippen LogP contribution < -0.4 is 15.4 Å². The van der Waals surface area contributed by atoms with Crippen molar-refractivity contribution in [2.75, 3.05) is 17.7 Å². The molecule has 2 N–H and O–H groups in total. The second-order valence-electron chi connectivity index (χ2n) is 6.42. The third-order valence-electron chi connectivity index (χ3n) is 4.46. The van der Waals surface area contributed by atoms with E-state index in [1.807, 2.05) is 13.0 Å². The number of benzene rings is 2. The van der Waals surface area contributed by atoms with Crippen LogP contribution in [0.25, 0.3) is 0 Å². The van der Waals surface area contributed by atoms with E-state index in [-0.39, 0.29) is 11.8 Å². The minimum atomic E-state index is -0.398. The summed E-state index contributed by atoms with van der Waals surface area (Å²) >= 11 is 6.07. The number of anilines is 2. The highest BCUT2D eigenvalue weighted by Gasteiger charge is 2.48. The number of hydrogen-bond donors (Lipinski definition) is 2. The van der Waals surface area contributed by atoms with E-state index in [9.17, 15) is 9.59 Å². The van der Waals surface area contributed by atoms with E-state index in [1.54, 1.807) is 36.4 Å². The summed E-state index contributed by atoms with van der Waals surface area (Å²) in [4.78, 5) is 24.8. The van der Waals surface area contributed by atoms with Gasteiger partial charge in [0.1, 0.15) is 5.75 Å². The van der Waals surface area contributed by atoms with Crippen LogP contribution in [0.2, 0.25) is 5.02 Å². The fourth-order valence-electron chi connectivity index (χ4n) is 2.83. The van der Waals surface area contributed by atoms with E-state index in [0.29, 0.717) is 34.1 Å². The topological polar surface area (TPSA) is 91.2 Å². The standard InChI is InChI=1S/C20H18ClN3O3/c1-11-6-17(18(27-2)9-16(11)21)24-20(26)15-8-14(15)19(25)23-13-5-3-4-12(7-13)10-22/h3-7,9,14-15H,8H2,1-2H3,(H,23,25)(H,24,26). The first kappa shape index (κ1) is 18.7. The number of amides is 2. The highest BCUT2D eigenvalue weighted by Crippen LogP contribution is 2.41. The van der Waals surface area contributed by atoms with E-state index < -0.39 is 11.8 Å². The molecule has 0 heterocycles. The molecule has 0 bridgehead atoms. The highest BCUT2D eigenvalue weighted by atomic mass is 35.5. The highest BCUT2D eigenvalue weighted by molar-refractivity contribution is 6.31. The molecule has 1 aliphatic carbocycles. The summed E-state index contributed by atoms with van der Waals surface area (Å²) in [5.74, 6) is -0.792. The zero-order valence-electron chi connectivity index (χ0n) is 14.9. The molecule has 2 amide bonds. The number of ether oxygens (including phenoxy) is 1. The lowest BCUT2D eigenvalue weighted by Gasteiger charge is -2.12. The van der Waals surface area contributed by atoms with Crippen molar-refractivity contribution in [3.05, 3.63) is 52.5 Å². The number of nitrogens with zero attached hydrogens (tertiary/aromatic N) is 1. The monoisotopic (exact) mass is 383 g/mol. The lowest BCUT2D eigenvalue weighted by Crippen LogP contribution is -2.21. The number of aryl methyl sites for hydroxylation is 1. The van der Waals surface area contributed by atoms with Crippen LogP contribution in [0.15, 0.2) is 36.4 Å². The second kappa shape index (κ2) is 7.68. The molecule has 0 saturated heterocycles. The molecule has 6 nitrogen and oxygen atoms in total. The van der Waals surface area contributed by atoms with Crippen molar-refractivity contribution in [2.45, 2.75) is 13.3 Å². The Kier molecular flexibility index (Phi) is 5.33.